The lowest BCUT2D eigenvalue weighted by Gasteiger charge is -2.32. The number of hydrogen-bond donors (Lipinski definition) is 2. The highest BCUT2D eigenvalue weighted by molar-refractivity contribution is 6.42. The number of rotatable bonds is 8. The summed E-state index contributed by atoms with van der Waals surface area (Å²) in [6.07, 6.45) is 0. The minimum absolute atomic E-state index is 0.00983. The van der Waals surface area contributed by atoms with Crippen molar-refractivity contribution in [3.05, 3.63) is 94.0 Å². The Labute approximate surface area is 244 Å². The Morgan fingerprint density at radius 2 is 0.864 bits per heavy atom. The number of carbonyl (C=O) groups is 8. The molecule has 216 valence electrons. The Bertz CT molecular complexity index is 1850. The Morgan fingerprint density at radius 3 is 1.14 bits per heavy atom. The molecular weight excluding hydrogens is 580 g/mol. The lowest BCUT2D eigenvalue weighted by atomic mass is 9.85. The summed E-state index contributed by atoms with van der Waals surface area (Å²) >= 11 is 0. The number of carboxylic acid groups (broad SMARTS) is 2. The summed E-state index contributed by atoms with van der Waals surface area (Å²) < 4.78 is 9.52. The maximum absolute atomic E-state index is 13.7. The number of nitrogens with zero attached hydrogens (tertiary/aromatic N) is 2. The maximum Gasteiger partial charge on any atom is 0.335 e. The van der Waals surface area contributed by atoms with Crippen molar-refractivity contribution in [3.63, 3.8) is 0 Å². The average molecular weight is 594 g/mol. The molecule has 4 aromatic rings. The molecule has 0 saturated heterocycles. The quantitative estimate of drug-likeness (QED) is 0.223. The van der Waals surface area contributed by atoms with E-state index in [-0.39, 0.29) is 80.0 Å². The van der Waals surface area contributed by atoms with Crippen LogP contribution in [0.2, 0.25) is 0 Å². The van der Waals surface area contributed by atoms with Crippen LogP contribution in [0.15, 0.2) is 60.7 Å². The molecular formula is C30H14N2O12. The molecule has 0 fully saturated rings. The second-order valence-corrected chi connectivity index (χ2v) is 9.43. The summed E-state index contributed by atoms with van der Waals surface area (Å²) in [5, 5.41) is 19.0. The van der Waals surface area contributed by atoms with Crippen LogP contribution in [0.3, 0.4) is 0 Å². The third kappa shape index (κ3) is 4.05. The van der Waals surface area contributed by atoms with Crippen LogP contribution in [0.5, 0.6) is 11.5 Å². The van der Waals surface area contributed by atoms with Crippen molar-refractivity contribution in [1.29, 1.82) is 0 Å². The van der Waals surface area contributed by atoms with E-state index in [4.69, 9.17) is 9.47 Å². The Hall–Kier alpha value is -6.70. The Balaban J connectivity index is 1.50. The molecule has 0 radical (unpaired) electrons. The monoisotopic (exact) mass is 594 g/mol. The largest absolute Gasteiger partial charge is 0.478 e. The van der Waals surface area contributed by atoms with Gasteiger partial charge in [0, 0.05) is 45.2 Å². The van der Waals surface area contributed by atoms with E-state index >= 15 is 0 Å². The van der Waals surface area contributed by atoms with Crippen LogP contribution in [0.1, 0.15) is 62.1 Å². The number of anilines is 2. The molecule has 0 spiro atoms. The zero-order valence-electron chi connectivity index (χ0n) is 21.8. The summed E-state index contributed by atoms with van der Waals surface area (Å²) in [5.74, 6) is -6.93. The molecule has 0 bridgehead atoms. The molecule has 14 heteroatoms. The van der Waals surface area contributed by atoms with Gasteiger partial charge in [0.05, 0.1) is 22.5 Å². The number of benzene rings is 4. The molecule has 44 heavy (non-hydrogen) atoms. The molecule has 0 unspecified atom stereocenters. The standard InChI is InChI=1S/C30H14N2O12/c33-11-43-17-7-13(29(39)40)5-15(9-17)31-25(35)19-1-2-20-24-22(4-3-21(23(19)24)27(31)37)28(38)32(26(20)36)16-6-14(30(41)42)8-18(10-16)44-12-34/h1-12H,(H,39,40)(H,41,42). The molecule has 2 aliphatic heterocycles. The zero-order valence-corrected chi connectivity index (χ0v) is 21.8. The second-order valence-electron chi connectivity index (χ2n) is 9.43. The van der Waals surface area contributed by atoms with Crippen LogP contribution in [0.25, 0.3) is 10.8 Å². The second kappa shape index (κ2) is 9.99. The van der Waals surface area contributed by atoms with Gasteiger partial charge >= 0.3 is 11.9 Å². The summed E-state index contributed by atoms with van der Waals surface area (Å²) in [7, 11) is 0. The number of ether oxygens (including phenoxy) is 2. The first kappa shape index (κ1) is 27.5. The van der Waals surface area contributed by atoms with Crippen molar-refractivity contribution in [2.75, 3.05) is 9.80 Å². The van der Waals surface area contributed by atoms with Gasteiger partial charge in [0.2, 0.25) is 0 Å². The van der Waals surface area contributed by atoms with Gasteiger partial charge in [0.25, 0.3) is 36.6 Å². The lowest BCUT2D eigenvalue weighted by Crippen LogP contribution is -2.43. The summed E-state index contributed by atoms with van der Waals surface area (Å²) in [5.41, 5.74) is -1.49. The van der Waals surface area contributed by atoms with Gasteiger partial charge in [-0.2, -0.15) is 0 Å². The van der Waals surface area contributed by atoms with Gasteiger partial charge in [-0.25, -0.2) is 19.4 Å². The first-order valence-electron chi connectivity index (χ1n) is 12.4. The fourth-order valence-electron chi connectivity index (χ4n) is 5.26. The molecule has 4 amide bonds. The van der Waals surface area contributed by atoms with Gasteiger partial charge < -0.3 is 19.7 Å². The third-order valence-electron chi connectivity index (χ3n) is 7.06. The van der Waals surface area contributed by atoms with E-state index in [1.54, 1.807) is 0 Å². The minimum atomic E-state index is -1.42. The van der Waals surface area contributed by atoms with Crippen LogP contribution in [0, 0.1) is 0 Å². The normalized spacial score (nSPS) is 13.6. The van der Waals surface area contributed by atoms with Gasteiger partial charge in [0.1, 0.15) is 11.5 Å². The van der Waals surface area contributed by atoms with Gasteiger partial charge in [-0.3, -0.25) is 28.8 Å². The fraction of sp³-hybridized carbons (Fsp3) is 0. The van der Waals surface area contributed by atoms with Gasteiger partial charge in [-0.05, 0) is 48.5 Å². The van der Waals surface area contributed by atoms with Crippen LogP contribution in [0.4, 0.5) is 11.4 Å². The molecule has 0 aromatic heterocycles. The maximum atomic E-state index is 13.7. The molecule has 4 aromatic carbocycles. The van der Waals surface area contributed by atoms with Crippen molar-refractivity contribution < 1.29 is 58.0 Å². The van der Waals surface area contributed by atoms with Crippen LogP contribution in [-0.4, -0.2) is 58.7 Å². The highest BCUT2D eigenvalue weighted by atomic mass is 16.5. The topological polar surface area (TPSA) is 202 Å². The predicted molar refractivity (Wildman–Crippen MR) is 146 cm³/mol. The van der Waals surface area contributed by atoms with Crippen molar-refractivity contribution in [3.8, 4) is 11.5 Å². The van der Waals surface area contributed by atoms with E-state index in [2.05, 4.69) is 0 Å². The molecule has 0 aliphatic carbocycles. The molecule has 2 N–H and O–H groups in total. The zero-order chi connectivity index (χ0) is 31.4. The summed E-state index contributed by atoms with van der Waals surface area (Å²) in [6.45, 7) is 0.0982. The van der Waals surface area contributed by atoms with Gasteiger partial charge in [-0.1, -0.05) is 0 Å². The van der Waals surface area contributed by atoms with Gasteiger partial charge in [0.15, 0.2) is 0 Å². The number of imide groups is 2. The van der Waals surface area contributed by atoms with Crippen molar-refractivity contribution in [2.45, 2.75) is 0 Å². The van der Waals surface area contributed by atoms with E-state index in [1.807, 2.05) is 0 Å². The van der Waals surface area contributed by atoms with E-state index in [0.29, 0.717) is 9.80 Å². The first-order chi connectivity index (χ1) is 21.0. The number of carbonyl (C=O) groups excluding carboxylic acids is 6. The summed E-state index contributed by atoms with van der Waals surface area (Å²) in [4.78, 5) is 101. The molecule has 0 saturated carbocycles. The molecule has 2 aliphatic rings. The molecule has 2 heterocycles. The minimum Gasteiger partial charge on any atom is -0.478 e. The molecule has 6 rings (SSSR count). The Kier molecular flexibility index (Phi) is 6.23. The number of aromatic carboxylic acids is 2. The highest BCUT2D eigenvalue weighted by Crippen LogP contribution is 2.41. The van der Waals surface area contributed by atoms with Gasteiger partial charge in [-0.15, -0.1) is 0 Å². The number of amides is 4. The third-order valence-corrected chi connectivity index (χ3v) is 7.06. The highest BCUT2D eigenvalue weighted by Gasteiger charge is 2.41. The number of carboxylic acids is 2. The predicted octanol–water partition coefficient (Wildman–Crippen LogP) is 2.91. The van der Waals surface area contributed by atoms with Crippen molar-refractivity contribution in [2.24, 2.45) is 0 Å². The SMILES string of the molecule is O=COc1cc(C(=O)O)cc(N2C(=O)c3ccc4c5c(ccc(c35)C2=O)C(=O)N(c2cc(OC=O)cc(C(=O)O)c2)C4=O)c1. The lowest BCUT2D eigenvalue weighted by molar-refractivity contribution is -0.121. The van der Waals surface area contributed by atoms with Crippen LogP contribution in [-0.2, 0) is 9.59 Å². The average Bonchev–Trinajstić information content (AvgIpc) is 2.99. The van der Waals surface area contributed by atoms with E-state index < -0.39 is 35.6 Å². The van der Waals surface area contributed by atoms with Crippen molar-refractivity contribution in [1.82, 2.24) is 0 Å². The fourth-order valence-corrected chi connectivity index (χ4v) is 5.26. The van der Waals surface area contributed by atoms with E-state index in [0.717, 1.165) is 36.4 Å². The van der Waals surface area contributed by atoms with E-state index in [9.17, 15) is 48.6 Å². The molecule has 0 atom stereocenters. The smallest absolute Gasteiger partial charge is 0.335 e. The Morgan fingerprint density at radius 1 is 0.545 bits per heavy atom. The summed E-state index contributed by atoms with van der Waals surface area (Å²) in [6, 6.07) is 11.4. The van der Waals surface area contributed by atoms with Crippen LogP contribution >= 0.6 is 0 Å². The molecule has 14 nitrogen and oxygen atoms in total. The van der Waals surface area contributed by atoms with Crippen molar-refractivity contribution >= 4 is 70.7 Å². The van der Waals surface area contributed by atoms with Crippen LogP contribution < -0.4 is 19.3 Å². The van der Waals surface area contributed by atoms with E-state index in [1.165, 1.54) is 24.3 Å². The number of hydrogen-bond acceptors (Lipinski definition) is 10. The first-order valence-corrected chi connectivity index (χ1v) is 12.4.